The maximum Gasteiger partial charge on any atom is 0.306 e. The highest BCUT2D eigenvalue weighted by molar-refractivity contribution is 5.69. The molecule has 2 bridgehead atoms. The molecule has 16 heavy (non-hydrogen) atoms. The van der Waals surface area contributed by atoms with Crippen LogP contribution in [-0.4, -0.2) is 49.8 Å². The molecule has 0 N–H and O–H groups in total. The SMILES string of the molecule is CCOC(=O)CC1C[C@H]2COC[C@@H](C1)N2C. The predicted octanol–water partition coefficient (Wildman–Crippen LogP) is 1.05. The number of carbonyl (C=O) groups excluding carboxylic acids is 1. The molecule has 2 rings (SSSR count). The molecule has 2 fully saturated rings. The van der Waals surface area contributed by atoms with Crippen LogP contribution in [0, 0.1) is 5.92 Å². The fourth-order valence-electron chi connectivity index (χ4n) is 2.83. The molecular formula is C12H21NO3. The largest absolute Gasteiger partial charge is 0.466 e. The average molecular weight is 227 g/mol. The fraction of sp³-hybridized carbons (Fsp3) is 0.917. The second-order valence-electron chi connectivity index (χ2n) is 4.86. The van der Waals surface area contributed by atoms with Crippen LogP contribution in [0.5, 0.6) is 0 Å². The molecule has 0 aliphatic carbocycles. The van der Waals surface area contributed by atoms with Gasteiger partial charge in [-0.2, -0.15) is 0 Å². The van der Waals surface area contributed by atoms with Gasteiger partial charge in [0.25, 0.3) is 0 Å². The molecule has 0 aromatic carbocycles. The lowest BCUT2D eigenvalue weighted by Crippen LogP contribution is -2.55. The smallest absolute Gasteiger partial charge is 0.306 e. The Labute approximate surface area is 96.9 Å². The van der Waals surface area contributed by atoms with E-state index in [1.807, 2.05) is 6.92 Å². The summed E-state index contributed by atoms with van der Waals surface area (Å²) in [7, 11) is 2.17. The molecule has 0 radical (unpaired) electrons. The number of carbonyl (C=O) groups is 1. The summed E-state index contributed by atoms with van der Waals surface area (Å²) < 4.78 is 10.6. The van der Waals surface area contributed by atoms with Crippen LogP contribution in [0.2, 0.25) is 0 Å². The Bertz CT molecular complexity index is 243. The number of likely N-dealkylation sites (N-methyl/N-ethyl adjacent to an activating group) is 1. The number of piperidine rings is 1. The number of nitrogens with zero attached hydrogens (tertiary/aromatic N) is 1. The summed E-state index contributed by atoms with van der Waals surface area (Å²) in [5.41, 5.74) is 0. The van der Waals surface area contributed by atoms with Crippen LogP contribution in [0.1, 0.15) is 26.2 Å². The monoisotopic (exact) mass is 227 g/mol. The van der Waals surface area contributed by atoms with Gasteiger partial charge in [-0.1, -0.05) is 0 Å². The van der Waals surface area contributed by atoms with Gasteiger partial charge >= 0.3 is 5.97 Å². The number of morpholine rings is 1. The van der Waals surface area contributed by atoms with Crippen molar-refractivity contribution in [1.82, 2.24) is 4.90 Å². The van der Waals surface area contributed by atoms with Crippen molar-refractivity contribution in [3.63, 3.8) is 0 Å². The van der Waals surface area contributed by atoms with Crippen LogP contribution in [0.15, 0.2) is 0 Å². The molecule has 0 aromatic heterocycles. The van der Waals surface area contributed by atoms with Crippen molar-refractivity contribution < 1.29 is 14.3 Å². The van der Waals surface area contributed by atoms with E-state index in [1.54, 1.807) is 0 Å². The van der Waals surface area contributed by atoms with E-state index in [1.165, 1.54) is 0 Å². The van der Waals surface area contributed by atoms with Crippen LogP contribution in [-0.2, 0) is 14.3 Å². The average Bonchev–Trinajstić information content (AvgIpc) is 2.20. The second-order valence-corrected chi connectivity index (χ2v) is 4.86. The highest BCUT2D eigenvalue weighted by Crippen LogP contribution is 2.32. The maximum atomic E-state index is 11.4. The number of hydrogen-bond acceptors (Lipinski definition) is 4. The zero-order chi connectivity index (χ0) is 11.5. The third kappa shape index (κ3) is 2.55. The number of hydrogen-bond donors (Lipinski definition) is 0. The Morgan fingerprint density at radius 1 is 1.38 bits per heavy atom. The summed E-state index contributed by atoms with van der Waals surface area (Å²) in [5, 5.41) is 0. The Kier molecular flexibility index (Phi) is 3.82. The molecule has 0 saturated carbocycles. The van der Waals surface area contributed by atoms with Crippen molar-refractivity contribution in [3.05, 3.63) is 0 Å². The highest BCUT2D eigenvalue weighted by Gasteiger charge is 2.37. The molecule has 0 spiro atoms. The van der Waals surface area contributed by atoms with E-state index in [2.05, 4.69) is 11.9 Å². The number of rotatable bonds is 3. The van der Waals surface area contributed by atoms with E-state index in [9.17, 15) is 4.79 Å². The fourth-order valence-corrected chi connectivity index (χ4v) is 2.83. The minimum atomic E-state index is -0.0453. The van der Waals surface area contributed by atoms with Crippen molar-refractivity contribution in [2.75, 3.05) is 26.9 Å². The molecule has 2 heterocycles. The predicted molar refractivity (Wildman–Crippen MR) is 60.1 cm³/mol. The van der Waals surface area contributed by atoms with Gasteiger partial charge in [-0.25, -0.2) is 0 Å². The summed E-state index contributed by atoms with van der Waals surface area (Å²) >= 11 is 0. The highest BCUT2D eigenvalue weighted by atomic mass is 16.5. The van der Waals surface area contributed by atoms with Gasteiger partial charge in [0.05, 0.1) is 19.8 Å². The quantitative estimate of drug-likeness (QED) is 0.676. The molecule has 1 unspecified atom stereocenters. The maximum absolute atomic E-state index is 11.4. The summed E-state index contributed by atoms with van der Waals surface area (Å²) in [4.78, 5) is 13.9. The van der Waals surface area contributed by atoms with Gasteiger partial charge in [0.2, 0.25) is 0 Å². The first kappa shape index (κ1) is 11.9. The molecule has 3 atom stereocenters. The summed E-state index contributed by atoms with van der Waals surface area (Å²) in [5.74, 6) is 0.435. The Morgan fingerprint density at radius 2 is 2.00 bits per heavy atom. The van der Waals surface area contributed by atoms with E-state index < -0.39 is 0 Å². The van der Waals surface area contributed by atoms with Gasteiger partial charge in [-0.05, 0) is 32.7 Å². The van der Waals surface area contributed by atoms with E-state index in [4.69, 9.17) is 9.47 Å². The van der Waals surface area contributed by atoms with Crippen molar-refractivity contribution in [2.24, 2.45) is 5.92 Å². The van der Waals surface area contributed by atoms with Crippen LogP contribution in [0.3, 0.4) is 0 Å². The molecule has 4 nitrogen and oxygen atoms in total. The van der Waals surface area contributed by atoms with Crippen molar-refractivity contribution in [1.29, 1.82) is 0 Å². The Morgan fingerprint density at radius 3 is 2.56 bits per heavy atom. The Balaban J connectivity index is 1.87. The van der Waals surface area contributed by atoms with Crippen molar-refractivity contribution in [2.45, 2.75) is 38.3 Å². The van der Waals surface area contributed by atoms with Crippen LogP contribution in [0.4, 0.5) is 0 Å². The van der Waals surface area contributed by atoms with Gasteiger partial charge in [0, 0.05) is 18.5 Å². The Hall–Kier alpha value is -0.610. The zero-order valence-electron chi connectivity index (χ0n) is 10.1. The third-order valence-corrected chi connectivity index (χ3v) is 3.74. The van der Waals surface area contributed by atoms with Crippen LogP contribution < -0.4 is 0 Å². The summed E-state index contributed by atoms with van der Waals surface area (Å²) in [6.45, 7) is 3.97. The van der Waals surface area contributed by atoms with Crippen molar-refractivity contribution >= 4 is 5.97 Å². The lowest BCUT2D eigenvalue weighted by molar-refractivity contribution is -0.146. The van der Waals surface area contributed by atoms with Gasteiger partial charge in [0.1, 0.15) is 0 Å². The summed E-state index contributed by atoms with van der Waals surface area (Å²) in [6, 6.07) is 0.985. The van der Waals surface area contributed by atoms with E-state index in [0.717, 1.165) is 26.1 Å². The molecule has 2 saturated heterocycles. The van der Waals surface area contributed by atoms with E-state index in [0.29, 0.717) is 31.0 Å². The van der Waals surface area contributed by atoms with E-state index >= 15 is 0 Å². The lowest BCUT2D eigenvalue weighted by atomic mass is 9.83. The number of fused-ring (bicyclic) bond motifs is 2. The molecular weight excluding hydrogens is 206 g/mol. The topological polar surface area (TPSA) is 38.8 Å². The minimum Gasteiger partial charge on any atom is -0.466 e. The van der Waals surface area contributed by atoms with Gasteiger partial charge < -0.3 is 9.47 Å². The molecule has 92 valence electrons. The molecule has 4 heteroatoms. The van der Waals surface area contributed by atoms with Gasteiger partial charge in [-0.3, -0.25) is 9.69 Å². The lowest BCUT2D eigenvalue weighted by Gasteiger charge is -2.46. The first-order valence-electron chi connectivity index (χ1n) is 6.16. The standard InChI is InChI=1S/C12H21NO3/c1-3-16-12(14)6-9-4-10-7-15-8-11(5-9)13(10)2/h9-11H,3-8H2,1-2H3/t9?,10-,11+. The minimum absolute atomic E-state index is 0.0453. The molecule has 0 aromatic rings. The first-order chi connectivity index (χ1) is 7.70. The first-order valence-corrected chi connectivity index (χ1v) is 6.16. The molecule has 0 amide bonds. The van der Waals surface area contributed by atoms with E-state index in [-0.39, 0.29) is 5.97 Å². The van der Waals surface area contributed by atoms with Crippen LogP contribution in [0.25, 0.3) is 0 Å². The number of esters is 1. The molecule has 2 aliphatic heterocycles. The van der Waals surface area contributed by atoms with Gasteiger partial charge in [-0.15, -0.1) is 0 Å². The third-order valence-electron chi connectivity index (χ3n) is 3.74. The van der Waals surface area contributed by atoms with Crippen molar-refractivity contribution in [3.8, 4) is 0 Å². The second kappa shape index (κ2) is 5.15. The van der Waals surface area contributed by atoms with Gasteiger partial charge in [0.15, 0.2) is 0 Å². The normalized spacial score (nSPS) is 34.8. The summed E-state index contributed by atoms with van der Waals surface area (Å²) in [6.07, 6.45) is 2.70. The zero-order valence-corrected chi connectivity index (χ0v) is 10.1. The number of ether oxygens (including phenoxy) is 2. The van der Waals surface area contributed by atoms with Crippen LogP contribution >= 0.6 is 0 Å². The molecule has 2 aliphatic rings.